The summed E-state index contributed by atoms with van der Waals surface area (Å²) in [6.07, 6.45) is 0. The number of furan rings is 1. The minimum atomic E-state index is 0.592. The van der Waals surface area contributed by atoms with E-state index < -0.39 is 0 Å². The average molecular weight is 827 g/mol. The third kappa shape index (κ3) is 4.97. The van der Waals surface area contributed by atoms with Crippen LogP contribution in [0.15, 0.2) is 186 Å². The molecule has 0 fully saturated rings. The molecule has 9 aromatic carbocycles. The van der Waals surface area contributed by atoms with Gasteiger partial charge in [-0.15, -0.1) is 22.7 Å². The molecule has 7 heteroatoms. The van der Waals surface area contributed by atoms with E-state index in [2.05, 4.69) is 168 Å². The average Bonchev–Trinajstić information content (AvgIpc) is 4.09. The van der Waals surface area contributed by atoms with Crippen LogP contribution in [0.3, 0.4) is 0 Å². The molecule has 0 aliphatic heterocycles. The molecule has 0 saturated heterocycles. The van der Waals surface area contributed by atoms with Crippen molar-refractivity contribution >= 4 is 118 Å². The van der Waals surface area contributed by atoms with Gasteiger partial charge in [0, 0.05) is 73.9 Å². The molecule has 0 unspecified atom stereocenters. The van der Waals surface area contributed by atoms with Gasteiger partial charge in [-0.3, -0.25) is 0 Å². The molecule has 5 nitrogen and oxygen atoms in total. The lowest BCUT2D eigenvalue weighted by Gasteiger charge is -2.13. The molecule has 14 aromatic rings. The lowest BCUT2D eigenvalue weighted by Crippen LogP contribution is -2.01. The van der Waals surface area contributed by atoms with Crippen molar-refractivity contribution in [1.82, 2.24) is 19.5 Å². The fourth-order valence-electron chi connectivity index (χ4n) is 9.58. The number of hydrogen-bond donors (Lipinski definition) is 0. The van der Waals surface area contributed by atoms with Crippen LogP contribution in [-0.2, 0) is 0 Å². The maximum Gasteiger partial charge on any atom is 0.164 e. The lowest BCUT2D eigenvalue weighted by atomic mass is 10.0. The minimum Gasteiger partial charge on any atom is -0.456 e. The first kappa shape index (κ1) is 34.0. The Hall–Kier alpha value is -7.71. The molecule has 0 aliphatic rings. The summed E-state index contributed by atoms with van der Waals surface area (Å²) in [5.74, 6) is 1.84. The van der Waals surface area contributed by atoms with Gasteiger partial charge < -0.3 is 8.98 Å². The highest BCUT2D eigenvalue weighted by Gasteiger charge is 2.23. The van der Waals surface area contributed by atoms with Gasteiger partial charge in [-0.25, -0.2) is 15.0 Å². The van der Waals surface area contributed by atoms with Crippen LogP contribution in [0, 0.1) is 0 Å². The van der Waals surface area contributed by atoms with Gasteiger partial charge >= 0.3 is 0 Å². The summed E-state index contributed by atoms with van der Waals surface area (Å²) in [4.78, 5) is 16.0. The van der Waals surface area contributed by atoms with Gasteiger partial charge in [-0.1, -0.05) is 115 Å². The lowest BCUT2D eigenvalue weighted by molar-refractivity contribution is 0.669. The van der Waals surface area contributed by atoms with E-state index in [0.29, 0.717) is 17.5 Å². The van der Waals surface area contributed by atoms with Crippen LogP contribution in [0.25, 0.3) is 135 Å². The summed E-state index contributed by atoms with van der Waals surface area (Å²) in [6, 6.07) is 64.9. The Bertz CT molecular complexity index is 4060. The molecule has 0 aliphatic carbocycles. The molecule has 0 amide bonds. The molecule has 5 heterocycles. The minimum absolute atomic E-state index is 0.592. The van der Waals surface area contributed by atoms with Gasteiger partial charge in [0.1, 0.15) is 11.2 Å². The zero-order valence-corrected chi connectivity index (χ0v) is 34.5. The second-order valence-electron chi connectivity index (χ2n) is 15.9. The summed E-state index contributed by atoms with van der Waals surface area (Å²) in [5.41, 5.74) is 7.91. The summed E-state index contributed by atoms with van der Waals surface area (Å²) < 4.78 is 13.7. The number of hydrogen-bond acceptors (Lipinski definition) is 6. The Morgan fingerprint density at radius 1 is 0.387 bits per heavy atom. The first-order chi connectivity index (χ1) is 30.7. The van der Waals surface area contributed by atoms with Gasteiger partial charge in [0.15, 0.2) is 17.5 Å². The molecule has 5 aromatic heterocycles. The quantitative estimate of drug-likeness (QED) is 0.177. The molecule has 0 radical (unpaired) electrons. The smallest absolute Gasteiger partial charge is 0.164 e. The number of aromatic nitrogens is 4. The Morgan fingerprint density at radius 2 is 1.00 bits per heavy atom. The molecule has 14 rings (SSSR count). The summed E-state index contributed by atoms with van der Waals surface area (Å²) in [7, 11) is 0. The number of thiophene rings is 2. The first-order valence-corrected chi connectivity index (χ1v) is 22.3. The van der Waals surface area contributed by atoms with Crippen molar-refractivity contribution in [2.75, 3.05) is 0 Å². The van der Waals surface area contributed by atoms with Crippen molar-refractivity contribution in [3.05, 3.63) is 182 Å². The molecule has 0 spiro atoms. The maximum atomic E-state index is 6.38. The van der Waals surface area contributed by atoms with Crippen molar-refractivity contribution < 1.29 is 4.42 Å². The molecule has 0 saturated carbocycles. The van der Waals surface area contributed by atoms with Crippen LogP contribution in [0.1, 0.15) is 0 Å². The molecule has 0 N–H and O–H groups in total. The highest BCUT2D eigenvalue weighted by atomic mass is 32.1. The zero-order chi connectivity index (χ0) is 40.5. The second-order valence-corrected chi connectivity index (χ2v) is 18.1. The van der Waals surface area contributed by atoms with Crippen LogP contribution in [0.5, 0.6) is 0 Å². The highest BCUT2D eigenvalue weighted by Crippen LogP contribution is 2.46. The van der Waals surface area contributed by atoms with Crippen molar-refractivity contribution in [2.45, 2.75) is 0 Å². The topological polar surface area (TPSA) is 56.7 Å². The van der Waals surface area contributed by atoms with Crippen molar-refractivity contribution in [1.29, 1.82) is 0 Å². The van der Waals surface area contributed by atoms with Gasteiger partial charge in [0.05, 0.1) is 21.4 Å². The summed E-state index contributed by atoms with van der Waals surface area (Å²) in [6.45, 7) is 0. The van der Waals surface area contributed by atoms with Crippen molar-refractivity contribution in [2.24, 2.45) is 0 Å². The Kier molecular flexibility index (Phi) is 7.08. The standard InChI is InChI=1S/C55H30N4OS2/c1-2-12-32-28-45-42(27-31(32)11-1)35-13-3-7-17-43(35)59(45)44-26-25-41(51-40-16-6-10-20-49(40)62-52(44)51)55-57-53(33-21-23-37-36-14-4-8-18-46(36)60-47(37)29-33)56-54(58-55)34-22-24-39-38-15-5-9-19-48(38)61-50(39)30-34/h1-30H. The number of benzene rings is 9. The fraction of sp³-hybridized carbons (Fsp3) is 0. The van der Waals surface area contributed by atoms with Gasteiger partial charge in [-0.05, 0) is 77.5 Å². The summed E-state index contributed by atoms with van der Waals surface area (Å²) >= 11 is 3.62. The Morgan fingerprint density at radius 3 is 1.84 bits per heavy atom. The molecular formula is C55H30N4OS2. The Balaban J connectivity index is 1.04. The number of fused-ring (bicyclic) bond motifs is 13. The first-order valence-electron chi connectivity index (χ1n) is 20.7. The van der Waals surface area contributed by atoms with Crippen molar-refractivity contribution in [3.8, 4) is 39.9 Å². The maximum absolute atomic E-state index is 6.38. The number of para-hydroxylation sites is 2. The van der Waals surface area contributed by atoms with E-state index in [0.717, 1.165) is 49.7 Å². The van der Waals surface area contributed by atoms with Crippen molar-refractivity contribution in [3.63, 3.8) is 0 Å². The van der Waals surface area contributed by atoms with E-state index in [4.69, 9.17) is 19.4 Å². The molecule has 62 heavy (non-hydrogen) atoms. The normalized spacial score (nSPS) is 12.2. The van der Waals surface area contributed by atoms with E-state index in [1.165, 1.54) is 67.5 Å². The van der Waals surface area contributed by atoms with Crippen LogP contribution >= 0.6 is 22.7 Å². The monoisotopic (exact) mass is 826 g/mol. The highest BCUT2D eigenvalue weighted by molar-refractivity contribution is 7.26. The zero-order valence-electron chi connectivity index (χ0n) is 32.8. The predicted molar refractivity (Wildman–Crippen MR) is 261 cm³/mol. The van der Waals surface area contributed by atoms with Crippen LogP contribution in [0.2, 0.25) is 0 Å². The van der Waals surface area contributed by atoms with Crippen LogP contribution < -0.4 is 0 Å². The van der Waals surface area contributed by atoms with Gasteiger partial charge in [0.25, 0.3) is 0 Å². The van der Waals surface area contributed by atoms with Crippen LogP contribution in [0.4, 0.5) is 0 Å². The molecule has 288 valence electrons. The summed E-state index contributed by atoms with van der Waals surface area (Å²) in [5, 5.41) is 11.9. The fourth-order valence-corrected chi connectivity index (χ4v) is 12.0. The van der Waals surface area contributed by atoms with E-state index in [1.807, 2.05) is 29.5 Å². The molecular weight excluding hydrogens is 797 g/mol. The van der Waals surface area contributed by atoms with E-state index >= 15 is 0 Å². The van der Waals surface area contributed by atoms with Gasteiger partial charge in [0.2, 0.25) is 0 Å². The number of nitrogens with zero attached hydrogens (tertiary/aromatic N) is 4. The SMILES string of the molecule is c1ccc2cc3c(cc2c1)c1ccccc1n3-c1ccc(-c2nc(-c3ccc4c(c3)oc3ccccc34)nc(-c3ccc4c(c3)sc3ccccc34)n2)c2c1sc1ccccc12. The third-order valence-corrected chi connectivity index (χ3v) is 14.8. The largest absolute Gasteiger partial charge is 0.456 e. The van der Waals surface area contributed by atoms with Gasteiger partial charge in [-0.2, -0.15) is 0 Å². The number of rotatable bonds is 4. The molecule has 0 atom stereocenters. The van der Waals surface area contributed by atoms with E-state index in [-0.39, 0.29) is 0 Å². The second kappa shape index (κ2) is 12.9. The molecule has 0 bridgehead atoms. The van der Waals surface area contributed by atoms with Crippen LogP contribution in [-0.4, -0.2) is 19.5 Å². The van der Waals surface area contributed by atoms with E-state index in [1.54, 1.807) is 11.3 Å². The van der Waals surface area contributed by atoms with E-state index in [9.17, 15) is 0 Å². The predicted octanol–water partition coefficient (Wildman–Crippen LogP) is 15.8. The third-order valence-electron chi connectivity index (χ3n) is 12.4. The Labute approximate surface area is 361 Å².